The van der Waals surface area contributed by atoms with Crippen LogP contribution in [0.3, 0.4) is 0 Å². The number of alkyl halides is 6. The number of esters is 2. The highest BCUT2D eigenvalue weighted by atomic mass is 19.4. The number of benzene rings is 6. The molecule has 0 atom stereocenters. The lowest BCUT2D eigenvalue weighted by Gasteiger charge is -2.22. The Morgan fingerprint density at radius 1 is 0.419 bits per heavy atom. The first kappa shape index (κ1) is 40.5. The zero-order valence-electron chi connectivity index (χ0n) is 31.1. The first-order valence-corrected chi connectivity index (χ1v) is 17.9. The molecule has 4 amide bonds. The van der Waals surface area contributed by atoms with Crippen molar-refractivity contribution in [2.45, 2.75) is 12.4 Å². The number of imide groups is 2. The zero-order valence-corrected chi connectivity index (χ0v) is 31.1. The molecule has 0 bridgehead atoms. The van der Waals surface area contributed by atoms with Crippen molar-refractivity contribution in [1.29, 1.82) is 0 Å². The van der Waals surface area contributed by atoms with Crippen molar-refractivity contribution < 1.29 is 64.6 Å². The van der Waals surface area contributed by atoms with E-state index in [1.54, 1.807) is 0 Å². The van der Waals surface area contributed by atoms with Crippen LogP contribution in [0.15, 0.2) is 121 Å². The third-order valence-electron chi connectivity index (χ3n) is 9.85. The first-order chi connectivity index (χ1) is 29.3. The Kier molecular flexibility index (Phi) is 9.65. The molecule has 0 unspecified atom stereocenters. The van der Waals surface area contributed by atoms with Crippen LogP contribution in [-0.2, 0) is 12.4 Å². The maximum atomic E-state index is 14.8. The highest BCUT2D eigenvalue weighted by Gasteiger charge is 2.43. The lowest BCUT2D eigenvalue weighted by atomic mass is 9.93. The number of carbonyl (C=O) groups excluding carboxylic acids is 6. The third kappa shape index (κ3) is 7.22. The average Bonchev–Trinajstić information content (AvgIpc) is 3.64. The summed E-state index contributed by atoms with van der Waals surface area (Å²) in [5.41, 5.74) is 3.78. The van der Waals surface area contributed by atoms with Crippen molar-refractivity contribution >= 4 is 58.3 Å². The van der Waals surface area contributed by atoms with Crippen molar-refractivity contribution in [2.75, 3.05) is 21.3 Å². The van der Waals surface area contributed by atoms with Crippen molar-refractivity contribution in [3.63, 3.8) is 0 Å². The van der Waals surface area contributed by atoms with Gasteiger partial charge in [-0.25, -0.2) is 19.4 Å². The van der Waals surface area contributed by atoms with E-state index in [0.717, 1.165) is 36.4 Å². The van der Waals surface area contributed by atoms with Gasteiger partial charge in [-0.3, -0.25) is 19.2 Å². The predicted octanol–water partition coefficient (Wildman–Crippen LogP) is 8.60. The number of hydrogen-bond acceptors (Lipinski definition) is 10. The largest absolute Gasteiger partial charge is 0.423 e. The van der Waals surface area contributed by atoms with Crippen molar-refractivity contribution in [3.8, 4) is 22.6 Å². The monoisotopic (exact) mass is 850 g/mol. The van der Waals surface area contributed by atoms with Gasteiger partial charge in [0.1, 0.15) is 11.5 Å². The molecule has 18 heteroatoms. The number of carbonyl (C=O) groups is 6. The van der Waals surface area contributed by atoms with E-state index in [-0.39, 0.29) is 44.9 Å². The molecule has 2 aliphatic rings. The summed E-state index contributed by atoms with van der Waals surface area (Å²) in [5.74, 6) is -6.06. The molecule has 2 heterocycles. The maximum Gasteiger partial charge on any atom is 0.417 e. The fourth-order valence-corrected chi connectivity index (χ4v) is 6.89. The van der Waals surface area contributed by atoms with Gasteiger partial charge in [0.25, 0.3) is 23.6 Å². The molecule has 0 radical (unpaired) electrons. The Morgan fingerprint density at radius 3 is 1.08 bits per heavy atom. The Bertz CT molecular complexity index is 2730. The minimum atomic E-state index is -5.36. The van der Waals surface area contributed by atoms with E-state index < -0.39 is 81.5 Å². The summed E-state index contributed by atoms with van der Waals surface area (Å²) in [6, 6.07) is 21.7. The molecule has 4 N–H and O–H groups in total. The topological polar surface area (TPSA) is 179 Å². The molecule has 0 saturated carbocycles. The van der Waals surface area contributed by atoms with Gasteiger partial charge in [-0.2, -0.15) is 26.3 Å². The maximum absolute atomic E-state index is 14.8. The van der Waals surface area contributed by atoms with E-state index in [1.165, 1.54) is 60.7 Å². The molecule has 6 aromatic carbocycles. The van der Waals surface area contributed by atoms with Gasteiger partial charge in [-0.05, 0) is 120 Å². The van der Waals surface area contributed by atoms with Gasteiger partial charge in [0, 0.05) is 11.4 Å². The summed E-state index contributed by atoms with van der Waals surface area (Å²) in [5, 5.41) is 0. The molecule has 2 aliphatic heterocycles. The molecule has 0 aromatic heterocycles. The molecule has 8 rings (SSSR count). The minimum Gasteiger partial charge on any atom is -0.423 e. The first-order valence-electron chi connectivity index (χ1n) is 17.9. The van der Waals surface area contributed by atoms with Crippen molar-refractivity contribution in [1.82, 2.24) is 0 Å². The van der Waals surface area contributed by atoms with Crippen LogP contribution in [0.5, 0.6) is 11.5 Å². The van der Waals surface area contributed by atoms with Gasteiger partial charge in [0.2, 0.25) is 0 Å². The fourth-order valence-electron chi connectivity index (χ4n) is 6.89. The Labute approximate surface area is 344 Å². The van der Waals surface area contributed by atoms with Gasteiger partial charge < -0.3 is 20.9 Å². The second-order valence-corrected chi connectivity index (χ2v) is 13.8. The number of fused-ring (bicyclic) bond motifs is 2. The Morgan fingerprint density at radius 2 is 0.742 bits per heavy atom. The predicted molar refractivity (Wildman–Crippen MR) is 209 cm³/mol. The number of nitrogens with two attached hydrogens (primary N) is 2. The van der Waals surface area contributed by atoms with E-state index in [9.17, 15) is 55.1 Å². The number of hydrogen-bond donors (Lipinski definition) is 2. The molecule has 310 valence electrons. The molecular weight excluding hydrogens is 826 g/mol. The SMILES string of the molecule is Nc1ccc(OC(=O)c2ccc3c(c2)C(=O)N(c2ccc(-c4ccc(N5C(=O)c6ccc(C(=O)Oc7ccc(N)cc7)cc6C5=O)cc4C(F)(F)F)c(C(F)(F)F)c2)C3=O)cc1. The molecule has 0 saturated heterocycles. The van der Waals surface area contributed by atoms with Crippen molar-refractivity contribution in [3.05, 3.63) is 166 Å². The lowest BCUT2D eigenvalue weighted by molar-refractivity contribution is -0.139. The second kappa shape index (κ2) is 14.8. The quantitative estimate of drug-likeness (QED) is 0.0520. The fraction of sp³-hybridized carbons (Fsp3) is 0.0455. The molecule has 0 spiro atoms. The van der Waals surface area contributed by atoms with Crippen LogP contribution in [0.1, 0.15) is 73.3 Å². The molecule has 0 aliphatic carbocycles. The number of nitrogens with zero attached hydrogens (tertiary/aromatic N) is 2. The summed E-state index contributed by atoms with van der Waals surface area (Å²) in [6.45, 7) is 0. The molecule has 62 heavy (non-hydrogen) atoms. The van der Waals surface area contributed by atoms with E-state index in [4.69, 9.17) is 20.9 Å². The van der Waals surface area contributed by atoms with Gasteiger partial charge in [0.05, 0.1) is 55.9 Å². The van der Waals surface area contributed by atoms with Gasteiger partial charge >= 0.3 is 24.3 Å². The van der Waals surface area contributed by atoms with Gasteiger partial charge in [-0.15, -0.1) is 0 Å². The standard InChI is InChI=1S/C44H24F6N4O8/c45-43(46,47)35-19-25(53-37(55)31-13-1-21(17-33(31)39(53)57)41(59)61-27-9-3-23(51)4-10-27)7-15-29(35)30-16-8-26(20-36(30)44(48,49)50)54-38(56)32-14-2-22(18-34(32)40(54)58)42(60)62-28-11-5-24(52)6-12-28/h1-20H,51-52H2. The number of anilines is 4. The van der Waals surface area contributed by atoms with Crippen LogP contribution in [0.25, 0.3) is 11.1 Å². The Hall–Kier alpha value is -8.28. The third-order valence-corrected chi connectivity index (χ3v) is 9.85. The van der Waals surface area contributed by atoms with Crippen LogP contribution in [0.2, 0.25) is 0 Å². The smallest absolute Gasteiger partial charge is 0.417 e. The summed E-state index contributed by atoms with van der Waals surface area (Å²) in [4.78, 5) is 80.3. The number of ether oxygens (including phenoxy) is 2. The summed E-state index contributed by atoms with van der Waals surface area (Å²) in [6.07, 6.45) is -10.7. The Balaban J connectivity index is 1.10. The van der Waals surface area contributed by atoms with Gasteiger partial charge in [0.15, 0.2) is 0 Å². The summed E-state index contributed by atoms with van der Waals surface area (Å²) >= 11 is 0. The van der Waals surface area contributed by atoms with Crippen LogP contribution < -0.4 is 30.7 Å². The zero-order chi connectivity index (χ0) is 44.4. The van der Waals surface area contributed by atoms with Gasteiger partial charge in [-0.1, -0.05) is 12.1 Å². The summed E-state index contributed by atoms with van der Waals surface area (Å²) in [7, 11) is 0. The normalized spacial score (nSPS) is 13.6. The number of halogens is 6. The van der Waals surface area contributed by atoms with E-state index >= 15 is 0 Å². The van der Waals surface area contributed by atoms with Crippen LogP contribution in [0, 0.1) is 0 Å². The summed E-state index contributed by atoms with van der Waals surface area (Å²) < 4.78 is 99.2. The molecular formula is C44H24F6N4O8. The molecule has 6 aromatic rings. The second-order valence-electron chi connectivity index (χ2n) is 13.8. The highest BCUT2D eigenvalue weighted by molar-refractivity contribution is 6.35. The number of amides is 4. The van der Waals surface area contributed by atoms with E-state index in [0.29, 0.717) is 45.4 Å². The molecule has 0 fully saturated rings. The van der Waals surface area contributed by atoms with Crippen molar-refractivity contribution in [2.24, 2.45) is 0 Å². The van der Waals surface area contributed by atoms with Crippen LogP contribution in [0.4, 0.5) is 49.1 Å². The lowest BCUT2D eigenvalue weighted by Crippen LogP contribution is -2.30. The molecule has 12 nitrogen and oxygen atoms in total. The number of rotatable bonds is 7. The highest BCUT2D eigenvalue weighted by Crippen LogP contribution is 2.46. The van der Waals surface area contributed by atoms with E-state index in [2.05, 4.69) is 0 Å². The van der Waals surface area contributed by atoms with E-state index in [1.807, 2.05) is 0 Å². The average molecular weight is 851 g/mol. The van der Waals surface area contributed by atoms with Crippen LogP contribution >= 0.6 is 0 Å². The van der Waals surface area contributed by atoms with Crippen LogP contribution in [-0.4, -0.2) is 35.6 Å². The number of nitrogen functional groups attached to an aromatic ring is 2. The minimum absolute atomic E-state index is 0.103.